The molecule has 0 unspecified atom stereocenters. The molecule has 1 aliphatic carbocycles. The van der Waals surface area contributed by atoms with Gasteiger partial charge in [-0.25, -0.2) is 0 Å². The van der Waals surface area contributed by atoms with Crippen molar-refractivity contribution < 1.29 is 0 Å². The maximum Gasteiger partial charge on any atom is 0.168 e. The average Bonchev–Trinajstić information content (AvgIpc) is 2.65. The van der Waals surface area contributed by atoms with E-state index in [0.29, 0.717) is 0 Å². The average molecular weight is 418 g/mol. The Kier molecular flexibility index (Phi) is 3.56. The zero-order valence-corrected chi connectivity index (χ0v) is 16.5. The summed E-state index contributed by atoms with van der Waals surface area (Å²) < 4.78 is -2.46. The Labute approximate surface area is 171 Å². The predicted octanol–water partition coefficient (Wildman–Crippen LogP) is 7.66. The van der Waals surface area contributed by atoms with Crippen LogP contribution in [0.25, 0.3) is 21.5 Å². The topological polar surface area (TPSA) is 0 Å². The lowest BCUT2D eigenvalue weighted by molar-refractivity contribution is 0.866. The molecule has 0 heterocycles. The first-order chi connectivity index (χ1) is 12.4. The first-order valence-corrected chi connectivity index (χ1v) is 9.73. The summed E-state index contributed by atoms with van der Waals surface area (Å²) in [6.45, 7) is 0. The van der Waals surface area contributed by atoms with Crippen LogP contribution in [-0.4, -0.2) is 0 Å². The lowest BCUT2D eigenvalue weighted by Crippen LogP contribution is -2.31. The molecule has 0 saturated heterocycles. The number of hydrogen-bond donors (Lipinski definition) is 0. The van der Waals surface area contributed by atoms with Crippen molar-refractivity contribution in [3.63, 3.8) is 0 Å². The Bertz CT molecular complexity index is 1010. The second-order valence-electron chi connectivity index (χ2n) is 6.64. The lowest BCUT2D eigenvalue weighted by atomic mass is 9.82. The summed E-state index contributed by atoms with van der Waals surface area (Å²) in [6.07, 6.45) is 0. The van der Waals surface area contributed by atoms with Crippen LogP contribution in [0.3, 0.4) is 0 Å². The van der Waals surface area contributed by atoms with Gasteiger partial charge in [-0.05, 0) is 68.1 Å². The SMILES string of the molecule is ClC1(Cl)c2cc3ccccc3cc2C(Cl)(Cl)c2cc3ccccc3cc21. The lowest BCUT2D eigenvalue weighted by Gasteiger charge is -2.38. The maximum absolute atomic E-state index is 6.91. The normalized spacial score (nSPS) is 17.1. The molecule has 4 aromatic carbocycles. The Morgan fingerprint density at radius 1 is 0.423 bits per heavy atom. The second-order valence-corrected chi connectivity index (χ2v) is 9.29. The van der Waals surface area contributed by atoms with Gasteiger partial charge in [0.15, 0.2) is 8.67 Å². The van der Waals surface area contributed by atoms with Crippen LogP contribution >= 0.6 is 46.4 Å². The van der Waals surface area contributed by atoms with Gasteiger partial charge in [-0.3, -0.25) is 0 Å². The van der Waals surface area contributed by atoms with Crippen molar-refractivity contribution in [2.45, 2.75) is 8.67 Å². The monoisotopic (exact) mass is 416 g/mol. The van der Waals surface area contributed by atoms with Crippen molar-refractivity contribution in [2.24, 2.45) is 0 Å². The van der Waals surface area contributed by atoms with Crippen LogP contribution in [0.4, 0.5) is 0 Å². The third-order valence-corrected chi connectivity index (χ3v) is 6.75. The molecule has 0 spiro atoms. The fraction of sp³-hybridized carbons (Fsp3) is 0.0909. The van der Waals surface area contributed by atoms with Gasteiger partial charge in [0.1, 0.15) is 0 Å². The number of fused-ring (bicyclic) bond motifs is 4. The molecule has 1 aliphatic rings. The molecular formula is C22H12Cl4. The first kappa shape index (κ1) is 16.7. The molecular weight excluding hydrogens is 406 g/mol. The Hall–Kier alpha value is -1.44. The van der Waals surface area contributed by atoms with Crippen LogP contribution in [0.15, 0.2) is 72.8 Å². The number of halogens is 4. The standard InChI is InChI=1S/C22H12Cl4/c23-21(24)17-9-13-5-1-2-6-14(13)10-18(17)22(25,26)20-12-16-8-4-3-7-15(16)11-19(20)21/h1-12H. The van der Waals surface area contributed by atoms with Crippen LogP contribution in [0.1, 0.15) is 22.3 Å². The van der Waals surface area contributed by atoms with E-state index in [1.807, 2.05) is 72.8 Å². The quantitative estimate of drug-likeness (QED) is 0.257. The molecule has 0 radical (unpaired) electrons. The largest absolute Gasteiger partial charge is 0.168 e. The van der Waals surface area contributed by atoms with E-state index in [-0.39, 0.29) is 0 Å². The number of rotatable bonds is 0. The molecule has 0 aromatic heterocycles. The van der Waals surface area contributed by atoms with E-state index < -0.39 is 8.67 Å². The third-order valence-electron chi connectivity index (χ3n) is 5.12. The molecule has 4 aromatic rings. The van der Waals surface area contributed by atoms with Crippen LogP contribution in [0, 0.1) is 0 Å². The fourth-order valence-corrected chi connectivity index (χ4v) is 5.06. The van der Waals surface area contributed by atoms with Gasteiger partial charge >= 0.3 is 0 Å². The number of hydrogen-bond acceptors (Lipinski definition) is 0. The zero-order chi connectivity index (χ0) is 18.1. The van der Waals surface area contributed by atoms with Crippen LogP contribution in [-0.2, 0) is 8.67 Å². The highest BCUT2D eigenvalue weighted by atomic mass is 35.5. The molecule has 128 valence electrons. The van der Waals surface area contributed by atoms with Gasteiger partial charge in [0, 0.05) is 0 Å². The van der Waals surface area contributed by atoms with Crippen LogP contribution in [0.5, 0.6) is 0 Å². The third kappa shape index (κ3) is 2.23. The minimum absolute atomic E-state index is 0.729. The van der Waals surface area contributed by atoms with E-state index in [1.165, 1.54) is 0 Å². The molecule has 5 rings (SSSR count). The van der Waals surface area contributed by atoms with Gasteiger partial charge in [-0.2, -0.15) is 0 Å². The molecule has 0 atom stereocenters. The molecule has 26 heavy (non-hydrogen) atoms. The molecule has 0 saturated carbocycles. The predicted molar refractivity (Wildman–Crippen MR) is 113 cm³/mol. The highest BCUT2D eigenvalue weighted by Crippen LogP contribution is 2.58. The Balaban J connectivity index is 1.91. The maximum atomic E-state index is 6.91. The van der Waals surface area contributed by atoms with Crippen molar-refractivity contribution in [3.05, 3.63) is 95.1 Å². The number of alkyl halides is 4. The van der Waals surface area contributed by atoms with Gasteiger partial charge in [-0.1, -0.05) is 94.9 Å². The zero-order valence-electron chi connectivity index (χ0n) is 13.4. The minimum Gasteiger partial charge on any atom is -0.0909 e. The Morgan fingerprint density at radius 2 is 0.654 bits per heavy atom. The van der Waals surface area contributed by atoms with Crippen molar-refractivity contribution in [2.75, 3.05) is 0 Å². The van der Waals surface area contributed by atoms with Gasteiger partial charge in [0.05, 0.1) is 0 Å². The molecule has 0 aliphatic heterocycles. The minimum atomic E-state index is -1.23. The molecule has 0 fully saturated rings. The molecule has 0 bridgehead atoms. The molecule has 0 N–H and O–H groups in total. The van der Waals surface area contributed by atoms with E-state index in [9.17, 15) is 0 Å². The molecule has 4 heteroatoms. The van der Waals surface area contributed by atoms with Gasteiger partial charge < -0.3 is 0 Å². The second kappa shape index (κ2) is 5.53. The summed E-state index contributed by atoms with van der Waals surface area (Å²) in [7, 11) is 0. The summed E-state index contributed by atoms with van der Waals surface area (Å²) in [6, 6.07) is 24.0. The van der Waals surface area contributed by atoms with Crippen molar-refractivity contribution >= 4 is 67.9 Å². The highest BCUT2D eigenvalue weighted by molar-refractivity contribution is 6.54. The summed E-state index contributed by atoms with van der Waals surface area (Å²) >= 11 is 27.6. The Morgan fingerprint density at radius 3 is 0.885 bits per heavy atom. The van der Waals surface area contributed by atoms with E-state index in [2.05, 4.69) is 0 Å². The van der Waals surface area contributed by atoms with Gasteiger partial charge in [-0.15, -0.1) is 0 Å². The van der Waals surface area contributed by atoms with Gasteiger partial charge in [0.25, 0.3) is 0 Å². The highest BCUT2D eigenvalue weighted by Gasteiger charge is 2.48. The van der Waals surface area contributed by atoms with Crippen LogP contribution < -0.4 is 0 Å². The molecule has 0 amide bonds. The smallest absolute Gasteiger partial charge is 0.0909 e. The molecule has 0 nitrogen and oxygen atoms in total. The summed E-state index contributed by atoms with van der Waals surface area (Å²) in [5.41, 5.74) is 2.92. The fourth-order valence-electron chi connectivity index (χ4n) is 3.81. The van der Waals surface area contributed by atoms with E-state index >= 15 is 0 Å². The van der Waals surface area contributed by atoms with E-state index in [0.717, 1.165) is 43.8 Å². The van der Waals surface area contributed by atoms with Crippen LogP contribution in [0.2, 0.25) is 0 Å². The van der Waals surface area contributed by atoms with Gasteiger partial charge in [0.2, 0.25) is 0 Å². The summed E-state index contributed by atoms with van der Waals surface area (Å²) in [5.74, 6) is 0. The van der Waals surface area contributed by atoms with E-state index in [4.69, 9.17) is 46.4 Å². The van der Waals surface area contributed by atoms with Crippen molar-refractivity contribution in [1.29, 1.82) is 0 Å². The van der Waals surface area contributed by atoms with Crippen molar-refractivity contribution in [3.8, 4) is 0 Å². The summed E-state index contributed by atoms with van der Waals surface area (Å²) in [5, 5.41) is 4.19. The number of benzene rings is 4. The summed E-state index contributed by atoms with van der Waals surface area (Å²) in [4.78, 5) is 0. The first-order valence-electron chi connectivity index (χ1n) is 8.22. The van der Waals surface area contributed by atoms with E-state index in [1.54, 1.807) is 0 Å². The van der Waals surface area contributed by atoms with Crippen molar-refractivity contribution in [1.82, 2.24) is 0 Å².